The molecular formula is C14H18O2. The Bertz CT molecular complexity index is 363. The van der Waals surface area contributed by atoms with Gasteiger partial charge in [0, 0.05) is 0 Å². The van der Waals surface area contributed by atoms with Gasteiger partial charge < -0.3 is 5.11 Å². The van der Waals surface area contributed by atoms with Crippen LogP contribution in [0.3, 0.4) is 0 Å². The highest BCUT2D eigenvalue weighted by Gasteiger charge is 2.27. The molecule has 0 heterocycles. The van der Waals surface area contributed by atoms with Gasteiger partial charge in [0.2, 0.25) is 0 Å². The smallest absolute Gasteiger partial charge is 0.310 e. The molecule has 2 nitrogen and oxygen atoms in total. The van der Waals surface area contributed by atoms with Crippen LogP contribution in [0, 0.1) is 12.8 Å². The van der Waals surface area contributed by atoms with Crippen LogP contribution in [0.4, 0.5) is 0 Å². The molecule has 0 amide bonds. The lowest BCUT2D eigenvalue weighted by atomic mass is 9.77. The number of aliphatic carboxylic acids is 1. The zero-order valence-electron chi connectivity index (χ0n) is 9.65. The Labute approximate surface area is 96.3 Å². The third-order valence-corrected chi connectivity index (χ3v) is 3.57. The van der Waals surface area contributed by atoms with Gasteiger partial charge >= 0.3 is 5.97 Å². The maximum atomic E-state index is 11.3. The molecule has 0 bridgehead atoms. The summed E-state index contributed by atoms with van der Waals surface area (Å²) in [6.07, 6.45) is 4.48. The van der Waals surface area contributed by atoms with Crippen molar-refractivity contribution in [2.45, 2.75) is 38.5 Å². The van der Waals surface area contributed by atoms with E-state index in [1.165, 1.54) is 24.8 Å². The normalized spacial score (nSPS) is 17.8. The maximum Gasteiger partial charge on any atom is 0.310 e. The summed E-state index contributed by atoms with van der Waals surface area (Å²) in [7, 11) is 0. The second kappa shape index (κ2) is 4.69. The molecule has 2 heteroatoms. The third-order valence-electron chi connectivity index (χ3n) is 3.57. The standard InChI is InChI=1S/C14H18O2/c1-10-5-7-12(8-6-10)13(14(15)16)9-11-3-2-4-11/h5-8,11,13H,2-4,9H2,1H3,(H,15,16). The molecule has 1 atom stereocenters. The second-order valence-corrected chi connectivity index (χ2v) is 4.83. The summed E-state index contributed by atoms with van der Waals surface area (Å²) < 4.78 is 0. The monoisotopic (exact) mass is 218 g/mol. The molecule has 86 valence electrons. The van der Waals surface area contributed by atoms with Crippen molar-refractivity contribution in [3.8, 4) is 0 Å². The van der Waals surface area contributed by atoms with E-state index in [1.807, 2.05) is 31.2 Å². The van der Waals surface area contributed by atoms with Crippen molar-refractivity contribution in [2.24, 2.45) is 5.92 Å². The third kappa shape index (κ3) is 2.43. The zero-order valence-corrected chi connectivity index (χ0v) is 9.65. The molecule has 0 aliphatic heterocycles. The van der Waals surface area contributed by atoms with Crippen molar-refractivity contribution in [2.75, 3.05) is 0 Å². The minimum Gasteiger partial charge on any atom is -0.481 e. The molecule has 0 spiro atoms. The zero-order chi connectivity index (χ0) is 11.5. The fraction of sp³-hybridized carbons (Fsp3) is 0.500. The van der Waals surface area contributed by atoms with Gasteiger partial charge in [-0.15, -0.1) is 0 Å². The molecule has 1 aromatic rings. The highest BCUT2D eigenvalue weighted by atomic mass is 16.4. The number of aryl methyl sites for hydroxylation is 1. The van der Waals surface area contributed by atoms with E-state index in [0.29, 0.717) is 5.92 Å². The van der Waals surface area contributed by atoms with Crippen LogP contribution in [0.1, 0.15) is 42.7 Å². The average Bonchev–Trinajstić information content (AvgIpc) is 2.18. The van der Waals surface area contributed by atoms with Crippen LogP contribution in [0.25, 0.3) is 0 Å². The van der Waals surface area contributed by atoms with Crippen LogP contribution in [0.15, 0.2) is 24.3 Å². The van der Waals surface area contributed by atoms with Crippen molar-refractivity contribution < 1.29 is 9.90 Å². The Morgan fingerprint density at radius 1 is 1.38 bits per heavy atom. The quantitative estimate of drug-likeness (QED) is 0.841. The topological polar surface area (TPSA) is 37.3 Å². The van der Waals surface area contributed by atoms with E-state index < -0.39 is 5.97 Å². The van der Waals surface area contributed by atoms with Crippen molar-refractivity contribution in [1.29, 1.82) is 0 Å². The average molecular weight is 218 g/mol. The Kier molecular flexibility index (Phi) is 3.28. The first kappa shape index (κ1) is 11.2. The molecule has 1 aromatic carbocycles. The fourth-order valence-electron chi connectivity index (χ4n) is 2.24. The lowest BCUT2D eigenvalue weighted by molar-refractivity contribution is -0.139. The van der Waals surface area contributed by atoms with Gasteiger partial charge in [0.25, 0.3) is 0 Å². The van der Waals surface area contributed by atoms with Gasteiger partial charge in [0.15, 0.2) is 0 Å². The van der Waals surface area contributed by atoms with Crippen molar-refractivity contribution in [1.82, 2.24) is 0 Å². The minimum absolute atomic E-state index is 0.314. The van der Waals surface area contributed by atoms with Gasteiger partial charge in [-0.1, -0.05) is 49.1 Å². The van der Waals surface area contributed by atoms with Gasteiger partial charge in [-0.2, -0.15) is 0 Å². The van der Waals surface area contributed by atoms with E-state index in [4.69, 9.17) is 0 Å². The van der Waals surface area contributed by atoms with Crippen LogP contribution in [-0.2, 0) is 4.79 Å². The molecule has 0 radical (unpaired) electrons. The molecule has 1 N–H and O–H groups in total. The Hall–Kier alpha value is -1.31. The summed E-state index contributed by atoms with van der Waals surface area (Å²) in [6.45, 7) is 2.02. The van der Waals surface area contributed by atoms with Crippen LogP contribution >= 0.6 is 0 Å². The van der Waals surface area contributed by atoms with Gasteiger partial charge in [-0.05, 0) is 24.8 Å². The first-order valence-corrected chi connectivity index (χ1v) is 5.96. The van der Waals surface area contributed by atoms with Gasteiger partial charge in [-0.3, -0.25) is 4.79 Å². The van der Waals surface area contributed by atoms with E-state index in [2.05, 4.69) is 0 Å². The van der Waals surface area contributed by atoms with Crippen molar-refractivity contribution in [3.05, 3.63) is 35.4 Å². The van der Waals surface area contributed by atoms with Crippen molar-refractivity contribution >= 4 is 5.97 Å². The van der Waals surface area contributed by atoms with Crippen LogP contribution in [-0.4, -0.2) is 11.1 Å². The number of carboxylic acid groups (broad SMARTS) is 1. The molecule has 2 rings (SSSR count). The van der Waals surface area contributed by atoms with Gasteiger partial charge in [-0.25, -0.2) is 0 Å². The van der Waals surface area contributed by atoms with Crippen molar-refractivity contribution in [3.63, 3.8) is 0 Å². The van der Waals surface area contributed by atoms with E-state index in [0.717, 1.165) is 12.0 Å². The Balaban J connectivity index is 2.11. The molecular weight excluding hydrogens is 200 g/mol. The lowest BCUT2D eigenvalue weighted by Crippen LogP contribution is -2.20. The predicted octanol–water partition coefficient (Wildman–Crippen LogP) is 3.35. The summed E-state index contributed by atoms with van der Waals surface area (Å²) in [5.74, 6) is -0.371. The summed E-state index contributed by atoms with van der Waals surface area (Å²) in [6, 6.07) is 7.89. The van der Waals surface area contributed by atoms with Crippen LogP contribution in [0.5, 0.6) is 0 Å². The van der Waals surface area contributed by atoms with Gasteiger partial charge in [0.1, 0.15) is 0 Å². The SMILES string of the molecule is Cc1ccc(C(CC2CCC2)C(=O)O)cc1. The highest BCUT2D eigenvalue weighted by Crippen LogP contribution is 2.35. The molecule has 0 saturated heterocycles. The van der Waals surface area contributed by atoms with Crippen LogP contribution < -0.4 is 0 Å². The molecule has 1 saturated carbocycles. The largest absolute Gasteiger partial charge is 0.481 e. The lowest BCUT2D eigenvalue weighted by Gasteiger charge is -2.28. The van der Waals surface area contributed by atoms with E-state index in [9.17, 15) is 9.90 Å². The summed E-state index contributed by atoms with van der Waals surface area (Å²) in [4.78, 5) is 11.3. The van der Waals surface area contributed by atoms with E-state index in [1.54, 1.807) is 0 Å². The molecule has 1 unspecified atom stereocenters. The summed E-state index contributed by atoms with van der Waals surface area (Å²) in [5.41, 5.74) is 2.13. The molecule has 1 aliphatic carbocycles. The molecule has 1 fully saturated rings. The Morgan fingerprint density at radius 2 is 2.00 bits per heavy atom. The molecule has 1 aliphatic rings. The summed E-state index contributed by atoms with van der Waals surface area (Å²) in [5, 5.41) is 9.26. The predicted molar refractivity (Wildman–Crippen MR) is 63.5 cm³/mol. The number of hydrogen-bond donors (Lipinski definition) is 1. The van der Waals surface area contributed by atoms with Crippen LogP contribution in [0.2, 0.25) is 0 Å². The first-order valence-electron chi connectivity index (χ1n) is 5.96. The van der Waals surface area contributed by atoms with E-state index >= 15 is 0 Å². The van der Waals surface area contributed by atoms with Gasteiger partial charge in [0.05, 0.1) is 5.92 Å². The second-order valence-electron chi connectivity index (χ2n) is 4.83. The number of benzene rings is 1. The molecule has 0 aromatic heterocycles. The number of hydrogen-bond acceptors (Lipinski definition) is 1. The first-order chi connectivity index (χ1) is 7.66. The number of carbonyl (C=O) groups is 1. The maximum absolute atomic E-state index is 11.3. The Morgan fingerprint density at radius 3 is 2.44 bits per heavy atom. The fourth-order valence-corrected chi connectivity index (χ4v) is 2.24. The number of carboxylic acids is 1. The highest BCUT2D eigenvalue weighted by molar-refractivity contribution is 5.76. The molecule has 16 heavy (non-hydrogen) atoms. The van der Waals surface area contributed by atoms with E-state index in [-0.39, 0.29) is 5.92 Å². The minimum atomic E-state index is -0.684. The number of rotatable bonds is 4. The summed E-state index contributed by atoms with van der Waals surface area (Å²) >= 11 is 0.